The second kappa shape index (κ2) is 6.14. The van der Waals surface area contributed by atoms with Gasteiger partial charge in [-0.2, -0.15) is 0 Å². The fourth-order valence-corrected chi connectivity index (χ4v) is 1.42. The minimum atomic E-state index is 1.00. The first kappa shape index (κ1) is 9.68. The Kier molecular flexibility index (Phi) is 4.95. The van der Waals surface area contributed by atoms with Crippen LogP contribution in [-0.4, -0.2) is 18.2 Å². The van der Waals surface area contributed by atoms with Crippen LogP contribution in [0.4, 0.5) is 0 Å². The third kappa shape index (κ3) is 4.46. The summed E-state index contributed by atoms with van der Waals surface area (Å²) in [5, 5.41) is 3.10. The number of rotatable bonds is 0. The van der Waals surface area contributed by atoms with E-state index in [4.69, 9.17) is 4.74 Å². The Morgan fingerprint density at radius 1 is 1.33 bits per heavy atom. The zero-order valence-electron chi connectivity index (χ0n) is 7.45. The average molecular weight is 185 g/mol. The molecule has 0 saturated carbocycles. The molecular weight excluding hydrogens is 170 g/mol. The topological polar surface area (TPSA) is 22.1 Å². The van der Waals surface area contributed by atoms with Crippen molar-refractivity contribution in [1.82, 2.24) is 4.98 Å². The van der Waals surface area contributed by atoms with E-state index in [1.807, 2.05) is 12.3 Å². The summed E-state index contributed by atoms with van der Waals surface area (Å²) in [6, 6.07) is 0. The quantitative estimate of drug-likeness (QED) is 0.620. The second-order valence-electron chi connectivity index (χ2n) is 2.72. The van der Waals surface area contributed by atoms with E-state index >= 15 is 0 Å². The fourth-order valence-electron chi connectivity index (χ4n) is 0.982. The van der Waals surface area contributed by atoms with Gasteiger partial charge in [0.1, 0.15) is 0 Å². The molecule has 1 fully saturated rings. The van der Waals surface area contributed by atoms with Crippen LogP contribution in [0.3, 0.4) is 0 Å². The predicted molar refractivity (Wildman–Crippen MR) is 51.5 cm³/mol. The molecule has 12 heavy (non-hydrogen) atoms. The van der Waals surface area contributed by atoms with Gasteiger partial charge in [0.05, 0.1) is 5.01 Å². The van der Waals surface area contributed by atoms with Crippen LogP contribution in [0.1, 0.15) is 24.3 Å². The molecule has 0 bridgehead atoms. The Balaban J connectivity index is 0.000000120. The van der Waals surface area contributed by atoms with Gasteiger partial charge in [0.15, 0.2) is 0 Å². The van der Waals surface area contributed by atoms with Gasteiger partial charge in [-0.3, -0.25) is 4.98 Å². The van der Waals surface area contributed by atoms with Crippen molar-refractivity contribution in [3.05, 3.63) is 16.6 Å². The molecular formula is C9H15NOS. The molecule has 0 atom stereocenters. The lowest BCUT2D eigenvalue weighted by atomic mass is 10.2. The van der Waals surface area contributed by atoms with Crippen LogP contribution >= 0.6 is 11.3 Å². The van der Waals surface area contributed by atoms with Crippen molar-refractivity contribution in [3.63, 3.8) is 0 Å². The highest BCUT2D eigenvalue weighted by atomic mass is 32.1. The van der Waals surface area contributed by atoms with Crippen molar-refractivity contribution in [2.45, 2.75) is 26.2 Å². The van der Waals surface area contributed by atoms with Gasteiger partial charge >= 0.3 is 0 Å². The molecule has 1 aromatic rings. The van der Waals surface area contributed by atoms with E-state index in [-0.39, 0.29) is 0 Å². The van der Waals surface area contributed by atoms with Gasteiger partial charge in [0.25, 0.3) is 0 Å². The highest BCUT2D eigenvalue weighted by Crippen LogP contribution is 2.02. The summed E-state index contributed by atoms with van der Waals surface area (Å²) in [7, 11) is 0. The Morgan fingerprint density at radius 2 is 2.08 bits per heavy atom. The van der Waals surface area contributed by atoms with Gasteiger partial charge in [-0.15, -0.1) is 11.3 Å². The van der Waals surface area contributed by atoms with Gasteiger partial charge in [-0.05, 0) is 26.2 Å². The number of thiazole rings is 1. The van der Waals surface area contributed by atoms with E-state index in [1.165, 1.54) is 19.3 Å². The highest BCUT2D eigenvalue weighted by Gasteiger charge is 1.95. The maximum absolute atomic E-state index is 5.07. The molecule has 0 amide bonds. The van der Waals surface area contributed by atoms with E-state index in [2.05, 4.69) is 4.98 Å². The molecule has 2 rings (SSSR count). The van der Waals surface area contributed by atoms with Gasteiger partial charge in [-0.1, -0.05) is 0 Å². The molecule has 1 aliphatic rings. The van der Waals surface area contributed by atoms with E-state index in [0.717, 1.165) is 18.2 Å². The van der Waals surface area contributed by atoms with E-state index in [0.29, 0.717) is 0 Å². The van der Waals surface area contributed by atoms with Crippen LogP contribution in [0.15, 0.2) is 11.6 Å². The van der Waals surface area contributed by atoms with Crippen molar-refractivity contribution in [1.29, 1.82) is 0 Å². The third-order valence-electron chi connectivity index (χ3n) is 1.63. The lowest BCUT2D eigenvalue weighted by molar-refractivity contribution is 0.0968. The number of aryl methyl sites for hydroxylation is 1. The SMILES string of the molecule is C1CCOCC1.Cc1nccs1. The average Bonchev–Trinajstić information content (AvgIpc) is 2.60. The van der Waals surface area contributed by atoms with Crippen LogP contribution in [0.5, 0.6) is 0 Å². The Morgan fingerprint density at radius 3 is 2.25 bits per heavy atom. The number of hydrogen-bond acceptors (Lipinski definition) is 3. The van der Waals surface area contributed by atoms with Crippen molar-refractivity contribution in [3.8, 4) is 0 Å². The van der Waals surface area contributed by atoms with Crippen LogP contribution < -0.4 is 0 Å². The maximum atomic E-state index is 5.07. The third-order valence-corrected chi connectivity index (χ3v) is 2.34. The van der Waals surface area contributed by atoms with Gasteiger partial charge in [0.2, 0.25) is 0 Å². The van der Waals surface area contributed by atoms with Gasteiger partial charge in [-0.25, -0.2) is 0 Å². The Labute approximate surface area is 77.6 Å². The smallest absolute Gasteiger partial charge is 0.0893 e. The normalized spacial score (nSPS) is 16.4. The molecule has 2 nitrogen and oxygen atoms in total. The largest absolute Gasteiger partial charge is 0.381 e. The van der Waals surface area contributed by atoms with Crippen molar-refractivity contribution >= 4 is 11.3 Å². The van der Waals surface area contributed by atoms with Crippen molar-refractivity contribution < 1.29 is 4.74 Å². The minimum Gasteiger partial charge on any atom is -0.381 e. The standard InChI is InChI=1S/C5H10O.C4H5NS/c1-2-4-6-5-3-1;1-4-5-2-3-6-4/h1-5H2;2-3H,1H3. The highest BCUT2D eigenvalue weighted by molar-refractivity contribution is 7.09. The summed E-state index contributed by atoms with van der Waals surface area (Å²) in [4.78, 5) is 3.94. The molecule has 3 heteroatoms. The first-order chi connectivity index (χ1) is 5.89. The summed E-state index contributed by atoms with van der Waals surface area (Å²) < 4.78 is 5.07. The summed E-state index contributed by atoms with van der Waals surface area (Å²) >= 11 is 1.67. The van der Waals surface area contributed by atoms with Crippen LogP contribution in [0.25, 0.3) is 0 Å². The zero-order valence-corrected chi connectivity index (χ0v) is 8.27. The van der Waals surface area contributed by atoms with Crippen LogP contribution in [0, 0.1) is 6.92 Å². The van der Waals surface area contributed by atoms with E-state index in [1.54, 1.807) is 17.5 Å². The zero-order chi connectivity index (χ0) is 8.65. The number of aromatic nitrogens is 1. The van der Waals surface area contributed by atoms with Crippen molar-refractivity contribution in [2.75, 3.05) is 13.2 Å². The predicted octanol–water partition coefficient (Wildman–Crippen LogP) is 2.64. The van der Waals surface area contributed by atoms with Crippen LogP contribution in [-0.2, 0) is 4.74 Å². The Bertz CT molecular complexity index is 171. The Hall–Kier alpha value is -0.410. The summed E-state index contributed by atoms with van der Waals surface area (Å²) in [5.41, 5.74) is 0. The lowest BCUT2D eigenvalue weighted by Gasteiger charge is -2.08. The number of ether oxygens (including phenoxy) is 1. The molecule has 0 N–H and O–H groups in total. The number of nitrogens with zero attached hydrogens (tertiary/aromatic N) is 1. The molecule has 1 aromatic heterocycles. The second-order valence-corrected chi connectivity index (χ2v) is 3.82. The summed E-state index contributed by atoms with van der Waals surface area (Å²) in [6.07, 6.45) is 5.74. The minimum absolute atomic E-state index is 1.00. The monoisotopic (exact) mass is 185 g/mol. The van der Waals surface area contributed by atoms with Crippen LogP contribution in [0.2, 0.25) is 0 Å². The fraction of sp³-hybridized carbons (Fsp3) is 0.667. The van der Waals surface area contributed by atoms with Crippen molar-refractivity contribution in [2.24, 2.45) is 0 Å². The molecule has 0 unspecified atom stereocenters. The molecule has 0 radical (unpaired) electrons. The molecule has 0 aliphatic carbocycles. The molecule has 0 aromatic carbocycles. The number of hydrogen-bond donors (Lipinski definition) is 0. The molecule has 68 valence electrons. The first-order valence-electron chi connectivity index (χ1n) is 4.33. The first-order valence-corrected chi connectivity index (χ1v) is 5.21. The van der Waals surface area contributed by atoms with E-state index < -0.39 is 0 Å². The van der Waals surface area contributed by atoms with Gasteiger partial charge in [0, 0.05) is 24.8 Å². The maximum Gasteiger partial charge on any atom is 0.0893 e. The van der Waals surface area contributed by atoms with Gasteiger partial charge < -0.3 is 4.74 Å². The molecule has 2 heterocycles. The molecule has 0 spiro atoms. The van der Waals surface area contributed by atoms with E-state index in [9.17, 15) is 0 Å². The lowest BCUT2D eigenvalue weighted by Crippen LogP contribution is -2.03. The molecule has 1 saturated heterocycles. The summed E-state index contributed by atoms with van der Waals surface area (Å²) in [5.74, 6) is 0. The summed E-state index contributed by atoms with van der Waals surface area (Å²) in [6.45, 7) is 3.99. The molecule has 1 aliphatic heterocycles.